The zero-order valence-corrected chi connectivity index (χ0v) is 13.9. The smallest absolute Gasteiger partial charge is 0.264 e. The Labute approximate surface area is 149 Å². The first-order valence-corrected chi connectivity index (χ1v) is 7.81. The van der Waals surface area contributed by atoms with Crippen LogP contribution in [0.4, 0.5) is 0 Å². The molecule has 3 rings (SSSR count). The van der Waals surface area contributed by atoms with Gasteiger partial charge < -0.3 is 15.0 Å². The number of hydrogen-bond acceptors (Lipinski definition) is 6. The molecule has 0 radical (unpaired) electrons. The van der Waals surface area contributed by atoms with Crippen molar-refractivity contribution in [3.63, 3.8) is 0 Å². The molecule has 0 bridgehead atoms. The maximum Gasteiger partial charge on any atom is 0.264 e. The number of aromatic nitrogens is 2. The molecule has 8 heteroatoms. The van der Waals surface area contributed by atoms with Crippen molar-refractivity contribution in [1.29, 1.82) is 0 Å². The van der Waals surface area contributed by atoms with Crippen LogP contribution in [0.25, 0.3) is 11.4 Å². The fourth-order valence-corrected chi connectivity index (χ4v) is 2.07. The lowest BCUT2D eigenvalue weighted by Crippen LogP contribution is -2.23. The van der Waals surface area contributed by atoms with Crippen LogP contribution in [-0.4, -0.2) is 21.5 Å². The van der Waals surface area contributed by atoms with Gasteiger partial charge in [0, 0.05) is 5.56 Å². The third-order valence-corrected chi connectivity index (χ3v) is 3.20. The number of hydrazone groups is 1. The molecule has 126 valence electrons. The van der Waals surface area contributed by atoms with Gasteiger partial charge >= 0.3 is 0 Å². The van der Waals surface area contributed by atoms with Gasteiger partial charge in [-0.3, -0.25) is 5.43 Å². The highest BCUT2D eigenvalue weighted by molar-refractivity contribution is 7.80. The summed E-state index contributed by atoms with van der Waals surface area (Å²) >= 11 is 4.68. The van der Waals surface area contributed by atoms with Gasteiger partial charge in [-0.15, -0.1) is 0 Å². The van der Waals surface area contributed by atoms with Crippen LogP contribution in [0.2, 0.25) is 0 Å². The van der Waals surface area contributed by atoms with E-state index < -0.39 is 0 Å². The average molecular weight is 353 g/mol. The van der Waals surface area contributed by atoms with Crippen LogP contribution in [0.1, 0.15) is 11.5 Å². The molecular weight excluding hydrogens is 338 g/mol. The zero-order chi connectivity index (χ0) is 17.5. The normalized spacial score (nSPS) is 10.7. The molecule has 2 aromatic carbocycles. The van der Waals surface area contributed by atoms with Gasteiger partial charge in [0.15, 0.2) is 11.7 Å². The van der Waals surface area contributed by atoms with Crippen molar-refractivity contribution in [2.45, 2.75) is 6.61 Å². The van der Waals surface area contributed by atoms with Gasteiger partial charge in [-0.2, -0.15) is 10.1 Å². The van der Waals surface area contributed by atoms with Gasteiger partial charge in [0.2, 0.25) is 5.82 Å². The molecule has 3 N–H and O–H groups in total. The standard InChI is InChI=1S/C17H15N5O2S/c18-17(25)21-19-10-12-5-4-6-13(9-12)16-20-15(24-22-16)11-23-14-7-2-1-3-8-14/h1-10H,11H2,(H3,18,21,25). The Morgan fingerprint density at radius 2 is 2.08 bits per heavy atom. The number of nitrogens with zero attached hydrogens (tertiary/aromatic N) is 3. The Balaban J connectivity index is 1.67. The molecule has 0 spiro atoms. The number of hydrogen-bond donors (Lipinski definition) is 2. The lowest BCUT2D eigenvalue weighted by Gasteiger charge is -2.01. The van der Waals surface area contributed by atoms with Crippen molar-refractivity contribution < 1.29 is 9.26 Å². The van der Waals surface area contributed by atoms with E-state index in [1.54, 1.807) is 6.21 Å². The molecule has 0 saturated heterocycles. The number of nitrogens with two attached hydrogens (primary N) is 1. The van der Waals surface area contributed by atoms with Crippen LogP contribution in [0.15, 0.2) is 64.2 Å². The average Bonchev–Trinajstić information content (AvgIpc) is 3.10. The minimum absolute atomic E-state index is 0.105. The summed E-state index contributed by atoms with van der Waals surface area (Å²) in [6.07, 6.45) is 1.60. The molecule has 1 heterocycles. The number of para-hydroxylation sites is 1. The SMILES string of the molecule is NC(=S)NN=Cc1cccc(-c2noc(COc3ccccc3)n2)c1. The van der Waals surface area contributed by atoms with E-state index in [-0.39, 0.29) is 11.7 Å². The summed E-state index contributed by atoms with van der Waals surface area (Å²) in [7, 11) is 0. The van der Waals surface area contributed by atoms with E-state index in [1.807, 2.05) is 54.6 Å². The van der Waals surface area contributed by atoms with Crippen LogP contribution in [0, 0.1) is 0 Å². The van der Waals surface area contributed by atoms with E-state index in [4.69, 9.17) is 15.0 Å². The zero-order valence-electron chi connectivity index (χ0n) is 13.1. The molecule has 1 aromatic heterocycles. The first-order valence-electron chi connectivity index (χ1n) is 7.40. The van der Waals surface area contributed by atoms with E-state index in [2.05, 4.69) is 32.9 Å². The van der Waals surface area contributed by atoms with E-state index in [1.165, 1.54) is 0 Å². The number of nitrogens with one attached hydrogen (secondary N) is 1. The van der Waals surface area contributed by atoms with Crippen molar-refractivity contribution >= 4 is 23.5 Å². The second-order valence-corrected chi connectivity index (χ2v) is 5.41. The number of ether oxygens (including phenoxy) is 1. The van der Waals surface area contributed by atoms with E-state index in [9.17, 15) is 0 Å². The van der Waals surface area contributed by atoms with Crippen LogP contribution in [0.3, 0.4) is 0 Å². The Morgan fingerprint density at radius 1 is 1.24 bits per heavy atom. The van der Waals surface area contributed by atoms with Crippen LogP contribution >= 0.6 is 12.2 Å². The van der Waals surface area contributed by atoms with Gasteiger partial charge in [0.1, 0.15) is 5.75 Å². The van der Waals surface area contributed by atoms with Gasteiger partial charge in [0.05, 0.1) is 6.21 Å². The number of benzene rings is 2. The van der Waals surface area contributed by atoms with Crippen molar-refractivity contribution in [3.8, 4) is 17.1 Å². The van der Waals surface area contributed by atoms with Gasteiger partial charge in [-0.1, -0.05) is 41.6 Å². The Morgan fingerprint density at radius 3 is 2.88 bits per heavy atom. The summed E-state index contributed by atoms with van der Waals surface area (Å²) < 4.78 is 10.8. The minimum Gasteiger partial charge on any atom is -0.484 e. The highest BCUT2D eigenvalue weighted by atomic mass is 32.1. The number of thiocarbonyl (C=S) groups is 1. The van der Waals surface area contributed by atoms with Crippen molar-refractivity contribution in [2.75, 3.05) is 0 Å². The largest absolute Gasteiger partial charge is 0.484 e. The molecule has 0 saturated carbocycles. The maximum atomic E-state index is 5.59. The van der Waals surface area contributed by atoms with Crippen molar-refractivity contribution in [3.05, 3.63) is 66.1 Å². The van der Waals surface area contributed by atoms with Crippen LogP contribution < -0.4 is 15.9 Å². The Kier molecular flexibility index (Phi) is 5.32. The molecule has 25 heavy (non-hydrogen) atoms. The van der Waals surface area contributed by atoms with Crippen LogP contribution in [0.5, 0.6) is 5.75 Å². The third kappa shape index (κ3) is 4.85. The lowest BCUT2D eigenvalue weighted by atomic mass is 10.1. The summed E-state index contributed by atoms with van der Waals surface area (Å²) in [6, 6.07) is 16.9. The topological polar surface area (TPSA) is 98.6 Å². The van der Waals surface area contributed by atoms with Crippen molar-refractivity contribution in [1.82, 2.24) is 15.6 Å². The fourth-order valence-electron chi connectivity index (χ4n) is 2.02. The summed E-state index contributed by atoms with van der Waals surface area (Å²) in [5.41, 5.74) is 9.46. The third-order valence-electron chi connectivity index (χ3n) is 3.11. The summed E-state index contributed by atoms with van der Waals surface area (Å²) in [6.45, 7) is 0.204. The first kappa shape index (κ1) is 16.6. The molecule has 0 fully saturated rings. The molecule has 3 aromatic rings. The molecular formula is C17H15N5O2S. The maximum absolute atomic E-state index is 5.59. The summed E-state index contributed by atoms with van der Waals surface area (Å²) in [5, 5.41) is 8.01. The summed E-state index contributed by atoms with van der Waals surface area (Å²) in [4.78, 5) is 4.34. The molecule has 0 aliphatic heterocycles. The molecule has 0 atom stereocenters. The summed E-state index contributed by atoms with van der Waals surface area (Å²) in [5.74, 6) is 1.61. The predicted molar refractivity (Wildman–Crippen MR) is 98.0 cm³/mol. The van der Waals surface area contributed by atoms with Gasteiger partial charge in [0.25, 0.3) is 5.89 Å². The first-order chi connectivity index (χ1) is 12.2. The molecule has 0 aliphatic carbocycles. The molecule has 0 aliphatic rings. The number of rotatable bonds is 6. The van der Waals surface area contributed by atoms with Gasteiger partial charge in [-0.25, -0.2) is 0 Å². The Hall–Kier alpha value is -3.26. The second kappa shape index (κ2) is 8.02. The van der Waals surface area contributed by atoms with Gasteiger partial charge in [-0.05, 0) is 36.0 Å². The predicted octanol–water partition coefficient (Wildman–Crippen LogP) is 2.48. The highest BCUT2D eigenvalue weighted by Crippen LogP contribution is 2.18. The lowest BCUT2D eigenvalue weighted by molar-refractivity contribution is 0.243. The molecule has 7 nitrogen and oxygen atoms in total. The van der Waals surface area contributed by atoms with E-state index in [0.717, 1.165) is 16.9 Å². The fraction of sp³-hybridized carbons (Fsp3) is 0.0588. The molecule has 0 amide bonds. The van der Waals surface area contributed by atoms with Crippen molar-refractivity contribution in [2.24, 2.45) is 10.8 Å². The van der Waals surface area contributed by atoms with Crippen LogP contribution in [-0.2, 0) is 6.61 Å². The second-order valence-electron chi connectivity index (χ2n) is 4.97. The van der Waals surface area contributed by atoms with E-state index in [0.29, 0.717) is 11.7 Å². The van der Waals surface area contributed by atoms with E-state index >= 15 is 0 Å². The Bertz CT molecular complexity index is 880. The molecule has 0 unspecified atom stereocenters. The quantitative estimate of drug-likeness (QED) is 0.399. The minimum atomic E-state index is 0.105. The monoisotopic (exact) mass is 353 g/mol. The highest BCUT2D eigenvalue weighted by Gasteiger charge is 2.09.